The summed E-state index contributed by atoms with van der Waals surface area (Å²) in [7, 11) is 0. The minimum Gasteiger partial charge on any atom is -0.370 e. The maximum Gasteiger partial charge on any atom is 0.212 e. The van der Waals surface area contributed by atoms with Crippen molar-refractivity contribution in [1.29, 1.82) is 0 Å². The molecule has 0 spiro atoms. The van der Waals surface area contributed by atoms with Crippen molar-refractivity contribution in [1.82, 2.24) is 4.98 Å². The summed E-state index contributed by atoms with van der Waals surface area (Å²) in [5.74, 6) is 0.0477. The van der Waals surface area contributed by atoms with Crippen molar-refractivity contribution in [2.45, 2.75) is 32.2 Å². The third kappa shape index (κ3) is 8.53. The molecule has 0 amide bonds. The summed E-state index contributed by atoms with van der Waals surface area (Å²) < 4.78 is 0. The van der Waals surface area contributed by atoms with E-state index in [0.717, 1.165) is 25.0 Å². The highest BCUT2D eigenvalue weighted by molar-refractivity contribution is 8.93. The van der Waals surface area contributed by atoms with Gasteiger partial charge < -0.3 is 17.2 Å². The molecule has 0 aromatic carbocycles. The molecule has 1 heterocycles. The van der Waals surface area contributed by atoms with Crippen molar-refractivity contribution < 1.29 is 0 Å². The average molecular weight is 389 g/mol. The second kappa shape index (κ2) is 9.81. The number of rotatable bonds is 5. The van der Waals surface area contributed by atoms with Gasteiger partial charge >= 0.3 is 0 Å². The van der Waals surface area contributed by atoms with Crippen LogP contribution in [0.15, 0.2) is 10.4 Å². The van der Waals surface area contributed by atoms with E-state index < -0.39 is 0 Å². The van der Waals surface area contributed by atoms with E-state index in [-0.39, 0.29) is 46.0 Å². The Hall–Kier alpha value is -0.180. The molecule has 0 bridgehead atoms. The van der Waals surface area contributed by atoms with Crippen LogP contribution in [-0.4, -0.2) is 17.0 Å². The molecule has 0 saturated carbocycles. The fourth-order valence-corrected chi connectivity index (χ4v) is 1.92. The van der Waals surface area contributed by atoms with Gasteiger partial charge in [-0.15, -0.1) is 45.3 Å². The predicted molar refractivity (Wildman–Crippen MR) is 84.8 cm³/mol. The molecule has 0 fully saturated rings. The monoisotopic (exact) mass is 387 g/mol. The fraction of sp³-hybridized carbons (Fsp3) is 0.556. The molecule has 1 rings (SSSR count). The number of guanidine groups is 1. The highest BCUT2D eigenvalue weighted by Crippen LogP contribution is 2.19. The molecule has 0 radical (unpaired) electrons. The number of aryl methyl sites for hydroxylation is 1. The quantitative estimate of drug-likeness (QED) is 0.529. The van der Waals surface area contributed by atoms with Crippen LogP contribution in [0, 0.1) is 0 Å². The third-order valence-electron chi connectivity index (χ3n) is 1.86. The lowest BCUT2D eigenvalue weighted by Crippen LogP contribution is -2.21. The summed E-state index contributed by atoms with van der Waals surface area (Å²) >= 11 is 1.45. The van der Waals surface area contributed by atoms with Gasteiger partial charge in [-0.3, -0.25) is 0 Å². The lowest BCUT2D eigenvalue weighted by Gasteiger charge is -2.01. The molecule has 1 unspecified atom stereocenters. The normalized spacial score (nSPS) is 10.9. The van der Waals surface area contributed by atoms with Gasteiger partial charge in [0.2, 0.25) is 5.13 Å². The molecule has 0 saturated heterocycles. The van der Waals surface area contributed by atoms with Gasteiger partial charge in [-0.2, -0.15) is 4.99 Å². The van der Waals surface area contributed by atoms with Crippen LogP contribution < -0.4 is 17.2 Å². The summed E-state index contributed by atoms with van der Waals surface area (Å²) in [6, 6.07) is 0.251. The molecular weight excluding hydrogens is 370 g/mol. The molecule has 0 aliphatic carbocycles. The van der Waals surface area contributed by atoms with E-state index in [1.54, 1.807) is 0 Å². The first-order chi connectivity index (χ1) is 7.08. The van der Waals surface area contributed by atoms with Gasteiger partial charge in [0.1, 0.15) is 0 Å². The summed E-state index contributed by atoms with van der Waals surface area (Å²) in [5.41, 5.74) is 17.2. The molecule has 0 aliphatic rings. The van der Waals surface area contributed by atoms with Gasteiger partial charge in [0, 0.05) is 11.4 Å². The second-order valence-electron chi connectivity index (χ2n) is 3.53. The molecule has 1 aromatic heterocycles. The largest absolute Gasteiger partial charge is 0.370 e. The smallest absolute Gasteiger partial charge is 0.212 e. The van der Waals surface area contributed by atoms with Crippen LogP contribution in [0.2, 0.25) is 0 Å². The van der Waals surface area contributed by atoms with E-state index in [4.69, 9.17) is 17.2 Å². The lowest BCUT2D eigenvalue weighted by atomic mass is 10.1. The molecule has 0 aliphatic heterocycles. The number of thiazole rings is 1. The Balaban J connectivity index is 0. The van der Waals surface area contributed by atoms with Crippen molar-refractivity contribution in [3.63, 3.8) is 0 Å². The molecule has 100 valence electrons. The number of nitrogens with zero attached hydrogens (tertiary/aromatic N) is 2. The van der Waals surface area contributed by atoms with Crippen LogP contribution in [0.25, 0.3) is 0 Å². The molecule has 5 nitrogen and oxygen atoms in total. The Morgan fingerprint density at radius 1 is 1.47 bits per heavy atom. The van der Waals surface area contributed by atoms with Gasteiger partial charge in [-0.1, -0.05) is 0 Å². The Bertz CT molecular complexity index is 336. The van der Waals surface area contributed by atoms with Gasteiger partial charge in [0.25, 0.3) is 0 Å². The van der Waals surface area contributed by atoms with Crippen LogP contribution in [0.5, 0.6) is 0 Å². The first-order valence-electron chi connectivity index (χ1n) is 4.87. The Kier molecular flexibility index (Phi) is 11.1. The van der Waals surface area contributed by atoms with E-state index in [9.17, 15) is 0 Å². The highest BCUT2D eigenvalue weighted by Gasteiger charge is 2.02. The highest BCUT2D eigenvalue weighted by atomic mass is 79.9. The van der Waals surface area contributed by atoms with Crippen molar-refractivity contribution in [2.24, 2.45) is 22.2 Å². The number of nitrogens with two attached hydrogens (primary N) is 3. The summed E-state index contributed by atoms with van der Waals surface area (Å²) in [5, 5.41) is 2.59. The standard InChI is InChI=1S/C9H17N5S.2BrH/c1-6(10)3-2-4-7-5-15-9(13-7)14-8(11)12;;/h5-6H,2-4,10H2,1H3,(H4,11,12,13,14);2*1H. The minimum atomic E-state index is 0. The molecule has 17 heavy (non-hydrogen) atoms. The Labute approximate surface area is 126 Å². The van der Waals surface area contributed by atoms with E-state index in [2.05, 4.69) is 9.98 Å². The maximum atomic E-state index is 5.65. The van der Waals surface area contributed by atoms with Gasteiger partial charge in [-0.25, -0.2) is 4.98 Å². The van der Waals surface area contributed by atoms with Crippen LogP contribution in [0.1, 0.15) is 25.5 Å². The van der Waals surface area contributed by atoms with Gasteiger partial charge in [0.05, 0.1) is 5.69 Å². The second-order valence-corrected chi connectivity index (χ2v) is 4.36. The van der Waals surface area contributed by atoms with Crippen molar-refractivity contribution in [3.05, 3.63) is 11.1 Å². The summed E-state index contributed by atoms with van der Waals surface area (Å²) in [6.45, 7) is 2.01. The average Bonchev–Trinajstić information content (AvgIpc) is 2.50. The van der Waals surface area contributed by atoms with Crippen molar-refractivity contribution in [2.75, 3.05) is 0 Å². The van der Waals surface area contributed by atoms with Crippen LogP contribution >= 0.6 is 45.3 Å². The molecular formula is C9H19Br2N5S. The number of aromatic nitrogens is 1. The lowest BCUT2D eigenvalue weighted by molar-refractivity contribution is 0.621. The summed E-state index contributed by atoms with van der Waals surface area (Å²) in [4.78, 5) is 8.16. The van der Waals surface area contributed by atoms with Crippen LogP contribution in [-0.2, 0) is 6.42 Å². The third-order valence-corrected chi connectivity index (χ3v) is 2.64. The van der Waals surface area contributed by atoms with Gasteiger partial charge in [-0.05, 0) is 26.2 Å². The van der Waals surface area contributed by atoms with E-state index >= 15 is 0 Å². The molecule has 8 heteroatoms. The zero-order chi connectivity index (χ0) is 11.3. The maximum absolute atomic E-state index is 5.65. The minimum absolute atomic E-state index is 0. The zero-order valence-corrected chi connectivity index (χ0v) is 13.9. The van der Waals surface area contributed by atoms with Crippen molar-refractivity contribution >= 4 is 56.4 Å². The Morgan fingerprint density at radius 3 is 2.65 bits per heavy atom. The number of aliphatic imine (C=N–C) groups is 1. The first kappa shape index (κ1) is 19.2. The Morgan fingerprint density at radius 2 is 2.12 bits per heavy atom. The van der Waals surface area contributed by atoms with Crippen molar-refractivity contribution in [3.8, 4) is 0 Å². The number of hydrogen-bond donors (Lipinski definition) is 3. The fourth-order valence-electron chi connectivity index (χ4n) is 1.18. The summed E-state index contributed by atoms with van der Waals surface area (Å²) in [6.07, 6.45) is 2.98. The molecule has 1 atom stereocenters. The van der Waals surface area contributed by atoms with Crippen LogP contribution in [0.3, 0.4) is 0 Å². The van der Waals surface area contributed by atoms with Gasteiger partial charge in [0.15, 0.2) is 5.96 Å². The molecule has 1 aromatic rings. The van der Waals surface area contributed by atoms with E-state index in [0.29, 0.717) is 5.13 Å². The first-order valence-corrected chi connectivity index (χ1v) is 5.75. The van der Waals surface area contributed by atoms with E-state index in [1.807, 2.05) is 12.3 Å². The number of hydrogen-bond acceptors (Lipinski definition) is 4. The van der Waals surface area contributed by atoms with E-state index in [1.165, 1.54) is 11.3 Å². The molecule has 6 N–H and O–H groups in total. The zero-order valence-electron chi connectivity index (χ0n) is 9.63. The van der Waals surface area contributed by atoms with Crippen LogP contribution in [0.4, 0.5) is 5.13 Å². The topological polar surface area (TPSA) is 103 Å². The SMILES string of the molecule is Br.Br.CC(N)CCCc1csc(N=C(N)N)n1. The predicted octanol–water partition coefficient (Wildman–Crippen LogP) is 1.87. The number of halogens is 2.